The molecule has 114 valence electrons. The van der Waals surface area contributed by atoms with Crippen molar-refractivity contribution in [3.63, 3.8) is 0 Å². The predicted molar refractivity (Wildman–Crippen MR) is 86.5 cm³/mol. The lowest BCUT2D eigenvalue weighted by molar-refractivity contribution is 0.296. The van der Waals surface area contributed by atoms with E-state index in [-0.39, 0.29) is 5.56 Å². The number of H-pyrrole nitrogens is 1. The van der Waals surface area contributed by atoms with Crippen LogP contribution in [0.2, 0.25) is 0 Å². The summed E-state index contributed by atoms with van der Waals surface area (Å²) < 4.78 is 0. The summed E-state index contributed by atoms with van der Waals surface area (Å²) in [7, 11) is 0. The molecule has 0 aliphatic heterocycles. The van der Waals surface area contributed by atoms with Gasteiger partial charge in [0.25, 0.3) is 5.56 Å². The Balaban J connectivity index is 2.99. The highest BCUT2D eigenvalue weighted by Crippen LogP contribution is 2.22. The SMILES string of the molecule is CCCc1nc(SC(C)N(CC)CC)[nH]c(=O)c1CC. The molecule has 0 radical (unpaired) electrons. The van der Waals surface area contributed by atoms with E-state index < -0.39 is 0 Å². The fraction of sp³-hybridized carbons (Fsp3) is 0.733. The molecule has 1 heterocycles. The van der Waals surface area contributed by atoms with Crippen molar-refractivity contribution < 1.29 is 0 Å². The van der Waals surface area contributed by atoms with Gasteiger partial charge in [-0.2, -0.15) is 0 Å². The Morgan fingerprint density at radius 3 is 2.40 bits per heavy atom. The fourth-order valence-electron chi connectivity index (χ4n) is 2.36. The molecule has 0 aromatic carbocycles. The predicted octanol–water partition coefficient (Wildman–Crippen LogP) is 3.06. The normalized spacial score (nSPS) is 12.9. The molecule has 0 spiro atoms. The second-order valence-electron chi connectivity index (χ2n) is 4.84. The zero-order valence-electron chi connectivity index (χ0n) is 13.3. The summed E-state index contributed by atoms with van der Waals surface area (Å²) in [6.45, 7) is 12.6. The van der Waals surface area contributed by atoms with Gasteiger partial charge in [0.1, 0.15) is 0 Å². The van der Waals surface area contributed by atoms with Gasteiger partial charge in [-0.25, -0.2) is 4.98 Å². The second-order valence-corrected chi connectivity index (χ2v) is 6.14. The van der Waals surface area contributed by atoms with E-state index in [0.717, 1.165) is 48.8 Å². The lowest BCUT2D eigenvalue weighted by atomic mass is 10.1. The molecule has 1 aromatic rings. The summed E-state index contributed by atoms with van der Waals surface area (Å²) >= 11 is 1.63. The first-order chi connectivity index (χ1) is 9.57. The van der Waals surface area contributed by atoms with E-state index in [9.17, 15) is 4.79 Å². The standard InChI is InChI=1S/C15H27N3OS/c1-6-10-13-12(7-2)14(19)17-15(16-13)20-11(5)18(8-3)9-4/h11H,6-10H2,1-5H3,(H,16,17,19). The third-order valence-electron chi connectivity index (χ3n) is 3.53. The highest BCUT2D eigenvalue weighted by atomic mass is 32.2. The van der Waals surface area contributed by atoms with Crippen LogP contribution in [0.4, 0.5) is 0 Å². The van der Waals surface area contributed by atoms with E-state index >= 15 is 0 Å². The number of nitrogens with one attached hydrogen (secondary N) is 1. The fourth-order valence-corrected chi connectivity index (χ4v) is 3.44. The molecule has 20 heavy (non-hydrogen) atoms. The molecule has 1 N–H and O–H groups in total. The van der Waals surface area contributed by atoms with E-state index in [0.29, 0.717) is 5.37 Å². The maximum atomic E-state index is 12.1. The van der Waals surface area contributed by atoms with Crippen LogP contribution in [0.1, 0.15) is 52.3 Å². The maximum absolute atomic E-state index is 12.1. The zero-order chi connectivity index (χ0) is 15.1. The molecule has 0 fully saturated rings. The molecule has 4 nitrogen and oxygen atoms in total. The molecular formula is C15H27N3OS. The monoisotopic (exact) mass is 297 g/mol. The van der Waals surface area contributed by atoms with Gasteiger partial charge in [0, 0.05) is 5.56 Å². The van der Waals surface area contributed by atoms with Crippen LogP contribution in [0.25, 0.3) is 0 Å². The average molecular weight is 297 g/mol. The number of nitrogens with zero attached hydrogens (tertiary/aromatic N) is 2. The van der Waals surface area contributed by atoms with Crippen LogP contribution in [0.3, 0.4) is 0 Å². The number of aromatic nitrogens is 2. The summed E-state index contributed by atoms with van der Waals surface area (Å²) in [6, 6.07) is 0. The highest BCUT2D eigenvalue weighted by molar-refractivity contribution is 7.99. The molecule has 1 unspecified atom stereocenters. The first-order valence-electron chi connectivity index (χ1n) is 7.59. The van der Waals surface area contributed by atoms with Crippen LogP contribution >= 0.6 is 11.8 Å². The molecule has 0 aliphatic rings. The van der Waals surface area contributed by atoms with Gasteiger partial charge in [-0.3, -0.25) is 9.69 Å². The van der Waals surface area contributed by atoms with Gasteiger partial charge in [0.2, 0.25) is 0 Å². The van der Waals surface area contributed by atoms with Crippen molar-refractivity contribution in [1.29, 1.82) is 0 Å². The van der Waals surface area contributed by atoms with Crippen LogP contribution in [0.5, 0.6) is 0 Å². The highest BCUT2D eigenvalue weighted by Gasteiger charge is 2.15. The van der Waals surface area contributed by atoms with Crippen molar-refractivity contribution in [1.82, 2.24) is 14.9 Å². The van der Waals surface area contributed by atoms with Crippen molar-refractivity contribution in [2.24, 2.45) is 0 Å². The molecule has 0 bridgehead atoms. The van der Waals surface area contributed by atoms with Gasteiger partial charge < -0.3 is 4.98 Å². The smallest absolute Gasteiger partial charge is 0.254 e. The summed E-state index contributed by atoms with van der Waals surface area (Å²) in [4.78, 5) is 22.1. The number of hydrogen-bond acceptors (Lipinski definition) is 4. The first kappa shape index (κ1) is 17.2. The van der Waals surface area contributed by atoms with Gasteiger partial charge in [-0.1, -0.05) is 45.9 Å². The van der Waals surface area contributed by atoms with Crippen LogP contribution in [-0.2, 0) is 12.8 Å². The quantitative estimate of drug-likeness (QED) is 0.455. The van der Waals surface area contributed by atoms with Crippen LogP contribution in [0, 0.1) is 0 Å². The molecule has 1 atom stereocenters. The topological polar surface area (TPSA) is 49.0 Å². The lowest BCUT2D eigenvalue weighted by Crippen LogP contribution is -2.30. The van der Waals surface area contributed by atoms with Crippen LogP contribution < -0.4 is 5.56 Å². The second kappa shape index (κ2) is 8.47. The summed E-state index contributed by atoms with van der Waals surface area (Å²) in [5.41, 5.74) is 1.83. The van der Waals surface area contributed by atoms with E-state index in [4.69, 9.17) is 0 Å². The van der Waals surface area contributed by atoms with Gasteiger partial charge in [0.15, 0.2) is 5.16 Å². The Bertz CT molecular complexity index is 469. The summed E-state index contributed by atoms with van der Waals surface area (Å²) in [5, 5.41) is 1.06. The number of aromatic amines is 1. The molecule has 1 rings (SSSR count). The third-order valence-corrected chi connectivity index (χ3v) is 4.58. The van der Waals surface area contributed by atoms with Gasteiger partial charge in [0.05, 0.1) is 11.1 Å². The molecule has 0 saturated heterocycles. The van der Waals surface area contributed by atoms with Crippen molar-refractivity contribution >= 4 is 11.8 Å². The molecule has 0 aliphatic carbocycles. The van der Waals surface area contributed by atoms with Crippen LogP contribution in [-0.4, -0.2) is 33.3 Å². The third kappa shape index (κ3) is 4.35. The molecule has 0 amide bonds. The van der Waals surface area contributed by atoms with Gasteiger partial charge in [-0.15, -0.1) is 0 Å². The minimum Gasteiger partial charge on any atom is -0.301 e. The number of rotatable bonds is 8. The van der Waals surface area contributed by atoms with Crippen LogP contribution in [0.15, 0.2) is 9.95 Å². The molecular weight excluding hydrogens is 270 g/mol. The Morgan fingerprint density at radius 1 is 1.25 bits per heavy atom. The lowest BCUT2D eigenvalue weighted by Gasteiger charge is -2.25. The minimum atomic E-state index is 0.0280. The Labute approximate surface area is 126 Å². The van der Waals surface area contributed by atoms with E-state index in [1.807, 2.05) is 6.92 Å². The summed E-state index contributed by atoms with van der Waals surface area (Å²) in [6.07, 6.45) is 2.63. The van der Waals surface area contributed by atoms with Gasteiger partial charge >= 0.3 is 0 Å². The van der Waals surface area contributed by atoms with Crippen molar-refractivity contribution in [3.8, 4) is 0 Å². The van der Waals surface area contributed by atoms with Crippen molar-refractivity contribution in [2.75, 3.05) is 13.1 Å². The molecule has 0 saturated carbocycles. The molecule has 5 heteroatoms. The zero-order valence-corrected chi connectivity index (χ0v) is 14.1. The van der Waals surface area contributed by atoms with E-state index in [1.165, 1.54) is 0 Å². The van der Waals surface area contributed by atoms with Gasteiger partial charge in [-0.05, 0) is 32.9 Å². The minimum absolute atomic E-state index is 0.0280. The van der Waals surface area contributed by atoms with E-state index in [2.05, 4.69) is 42.6 Å². The Kier molecular flexibility index (Phi) is 7.30. The Morgan fingerprint density at radius 2 is 1.90 bits per heavy atom. The number of hydrogen-bond donors (Lipinski definition) is 1. The van der Waals surface area contributed by atoms with Crippen molar-refractivity contribution in [3.05, 3.63) is 21.6 Å². The number of aryl methyl sites for hydroxylation is 1. The van der Waals surface area contributed by atoms with E-state index in [1.54, 1.807) is 11.8 Å². The average Bonchev–Trinajstić information content (AvgIpc) is 2.40. The Hall–Kier alpha value is -0.810. The maximum Gasteiger partial charge on any atom is 0.254 e. The van der Waals surface area contributed by atoms with Crippen molar-refractivity contribution in [2.45, 2.75) is 64.4 Å². The molecule has 1 aromatic heterocycles. The number of thioether (sulfide) groups is 1. The first-order valence-corrected chi connectivity index (χ1v) is 8.47. The largest absolute Gasteiger partial charge is 0.301 e. The summed E-state index contributed by atoms with van der Waals surface area (Å²) in [5.74, 6) is 0.